The summed E-state index contributed by atoms with van der Waals surface area (Å²) < 4.78 is 1.87. The molecule has 5 heteroatoms. The van der Waals surface area contributed by atoms with E-state index in [0.717, 1.165) is 26.2 Å². The van der Waals surface area contributed by atoms with E-state index in [2.05, 4.69) is 10.6 Å². The van der Waals surface area contributed by atoms with Gasteiger partial charge >= 0.3 is 0 Å². The molecular formula is C13H20ClN3O. The summed E-state index contributed by atoms with van der Waals surface area (Å²) in [7, 11) is 0. The van der Waals surface area contributed by atoms with Crippen LogP contribution in [0.1, 0.15) is 30.3 Å². The molecule has 1 amide bonds. The van der Waals surface area contributed by atoms with E-state index in [-0.39, 0.29) is 5.91 Å². The van der Waals surface area contributed by atoms with Crippen LogP contribution < -0.4 is 10.6 Å². The number of amides is 1. The van der Waals surface area contributed by atoms with E-state index in [1.54, 1.807) is 12.3 Å². The Morgan fingerprint density at radius 2 is 2.50 bits per heavy atom. The predicted molar refractivity (Wildman–Crippen MR) is 73.0 cm³/mol. The van der Waals surface area contributed by atoms with Crippen LogP contribution >= 0.6 is 11.6 Å². The summed E-state index contributed by atoms with van der Waals surface area (Å²) >= 11 is 5.93. The second kappa shape index (κ2) is 6.25. The van der Waals surface area contributed by atoms with Crippen molar-refractivity contribution >= 4 is 17.5 Å². The molecule has 1 aromatic heterocycles. The number of hydrogen-bond donors (Lipinski definition) is 2. The van der Waals surface area contributed by atoms with Gasteiger partial charge in [0.2, 0.25) is 0 Å². The minimum absolute atomic E-state index is 0.0330. The Kier molecular flexibility index (Phi) is 4.66. The van der Waals surface area contributed by atoms with E-state index in [1.807, 2.05) is 11.5 Å². The van der Waals surface area contributed by atoms with Gasteiger partial charge in [-0.05, 0) is 44.8 Å². The first-order valence-electron chi connectivity index (χ1n) is 6.55. The number of hydrogen-bond acceptors (Lipinski definition) is 2. The van der Waals surface area contributed by atoms with Crippen LogP contribution in [0.5, 0.6) is 0 Å². The molecule has 1 aromatic rings. The van der Waals surface area contributed by atoms with Crippen molar-refractivity contribution in [1.29, 1.82) is 0 Å². The molecule has 2 rings (SSSR count). The first kappa shape index (κ1) is 13.4. The fraction of sp³-hybridized carbons (Fsp3) is 0.615. The van der Waals surface area contributed by atoms with Crippen LogP contribution in [0.4, 0.5) is 0 Å². The van der Waals surface area contributed by atoms with Crippen molar-refractivity contribution in [3.05, 3.63) is 23.0 Å². The number of piperidine rings is 1. The fourth-order valence-electron chi connectivity index (χ4n) is 2.35. The van der Waals surface area contributed by atoms with E-state index in [0.29, 0.717) is 16.6 Å². The lowest BCUT2D eigenvalue weighted by molar-refractivity contribution is 0.0935. The summed E-state index contributed by atoms with van der Waals surface area (Å²) in [6, 6.07) is 1.72. The van der Waals surface area contributed by atoms with Crippen molar-refractivity contribution in [2.24, 2.45) is 5.92 Å². The van der Waals surface area contributed by atoms with Gasteiger partial charge in [-0.2, -0.15) is 0 Å². The van der Waals surface area contributed by atoms with Gasteiger partial charge in [0, 0.05) is 19.3 Å². The zero-order valence-electron chi connectivity index (χ0n) is 10.7. The smallest absolute Gasteiger partial charge is 0.267 e. The van der Waals surface area contributed by atoms with Crippen LogP contribution in [-0.2, 0) is 6.54 Å². The summed E-state index contributed by atoms with van der Waals surface area (Å²) in [4.78, 5) is 12.1. The Labute approximate surface area is 113 Å². The van der Waals surface area contributed by atoms with Crippen molar-refractivity contribution in [1.82, 2.24) is 15.2 Å². The van der Waals surface area contributed by atoms with Crippen molar-refractivity contribution in [2.45, 2.75) is 26.3 Å². The van der Waals surface area contributed by atoms with Crippen molar-refractivity contribution in [3.63, 3.8) is 0 Å². The fourth-order valence-corrected chi connectivity index (χ4v) is 2.57. The molecule has 18 heavy (non-hydrogen) atoms. The lowest BCUT2D eigenvalue weighted by Crippen LogP contribution is -2.38. The molecule has 0 saturated carbocycles. The maximum Gasteiger partial charge on any atom is 0.267 e. The molecule has 100 valence electrons. The molecule has 0 radical (unpaired) electrons. The number of carbonyl (C=O) groups is 1. The van der Waals surface area contributed by atoms with Crippen molar-refractivity contribution < 1.29 is 4.79 Å². The normalized spacial score (nSPS) is 19.8. The third-order valence-electron chi connectivity index (χ3n) is 3.39. The number of aromatic nitrogens is 1. The minimum atomic E-state index is -0.0330. The molecule has 1 aliphatic rings. The van der Waals surface area contributed by atoms with Gasteiger partial charge in [0.05, 0.1) is 5.02 Å². The highest BCUT2D eigenvalue weighted by Gasteiger charge is 2.16. The first-order valence-corrected chi connectivity index (χ1v) is 6.93. The average Bonchev–Trinajstić information content (AvgIpc) is 2.78. The van der Waals surface area contributed by atoms with Crippen LogP contribution in [0, 0.1) is 5.92 Å². The highest BCUT2D eigenvalue weighted by Crippen LogP contribution is 2.14. The molecule has 0 aromatic carbocycles. The van der Waals surface area contributed by atoms with Crippen LogP contribution in [-0.4, -0.2) is 30.1 Å². The second-order valence-electron chi connectivity index (χ2n) is 4.75. The van der Waals surface area contributed by atoms with E-state index >= 15 is 0 Å². The van der Waals surface area contributed by atoms with Gasteiger partial charge in [0.25, 0.3) is 5.91 Å². The zero-order valence-corrected chi connectivity index (χ0v) is 11.5. The van der Waals surface area contributed by atoms with Gasteiger partial charge in [-0.15, -0.1) is 0 Å². The summed E-state index contributed by atoms with van der Waals surface area (Å²) in [6.07, 6.45) is 4.17. The van der Waals surface area contributed by atoms with Crippen molar-refractivity contribution in [2.75, 3.05) is 19.6 Å². The van der Waals surface area contributed by atoms with E-state index in [1.165, 1.54) is 12.8 Å². The number of halogens is 1. The lowest BCUT2D eigenvalue weighted by atomic mass is 10.00. The summed E-state index contributed by atoms with van der Waals surface area (Å²) in [5, 5.41) is 6.96. The van der Waals surface area contributed by atoms with Crippen LogP contribution in [0.25, 0.3) is 0 Å². The molecule has 4 nitrogen and oxygen atoms in total. The molecule has 1 unspecified atom stereocenters. The third-order valence-corrected chi connectivity index (χ3v) is 3.59. The second-order valence-corrected chi connectivity index (χ2v) is 5.19. The van der Waals surface area contributed by atoms with Crippen LogP contribution in [0.3, 0.4) is 0 Å². The van der Waals surface area contributed by atoms with Crippen molar-refractivity contribution in [3.8, 4) is 0 Å². The number of nitrogens with zero attached hydrogens (tertiary/aromatic N) is 1. The highest BCUT2D eigenvalue weighted by molar-refractivity contribution is 6.31. The molecule has 1 aliphatic heterocycles. The predicted octanol–water partition coefficient (Wildman–Crippen LogP) is 1.89. The Bertz CT molecular complexity index is 410. The Morgan fingerprint density at radius 1 is 1.67 bits per heavy atom. The third kappa shape index (κ3) is 3.27. The van der Waals surface area contributed by atoms with Gasteiger partial charge in [0.1, 0.15) is 5.69 Å². The summed E-state index contributed by atoms with van der Waals surface area (Å²) in [6.45, 7) is 5.57. The summed E-state index contributed by atoms with van der Waals surface area (Å²) in [5.74, 6) is 0.512. The minimum Gasteiger partial charge on any atom is -0.350 e. The Morgan fingerprint density at radius 3 is 3.17 bits per heavy atom. The van der Waals surface area contributed by atoms with Gasteiger partial charge in [-0.25, -0.2) is 0 Å². The topological polar surface area (TPSA) is 46.1 Å². The van der Waals surface area contributed by atoms with Gasteiger partial charge < -0.3 is 15.2 Å². The number of carbonyl (C=O) groups excluding carboxylic acids is 1. The monoisotopic (exact) mass is 269 g/mol. The van der Waals surface area contributed by atoms with E-state index < -0.39 is 0 Å². The molecule has 0 bridgehead atoms. The quantitative estimate of drug-likeness (QED) is 0.877. The highest BCUT2D eigenvalue weighted by atomic mass is 35.5. The zero-order chi connectivity index (χ0) is 13.0. The largest absolute Gasteiger partial charge is 0.350 e. The molecule has 2 heterocycles. The SMILES string of the molecule is CCn1cc(Cl)cc1C(=O)NCC1CCCNC1. The molecule has 1 atom stereocenters. The van der Waals surface area contributed by atoms with Gasteiger partial charge in [-0.3, -0.25) is 4.79 Å². The first-order chi connectivity index (χ1) is 8.70. The number of nitrogens with one attached hydrogen (secondary N) is 2. The lowest BCUT2D eigenvalue weighted by Gasteiger charge is -2.22. The summed E-state index contributed by atoms with van der Waals surface area (Å²) in [5.41, 5.74) is 0.645. The number of aryl methyl sites for hydroxylation is 1. The molecule has 1 saturated heterocycles. The molecule has 1 fully saturated rings. The number of rotatable bonds is 4. The van der Waals surface area contributed by atoms with Gasteiger partial charge in [-0.1, -0.05) is 11.6 Å². The molecule has 2 N–H and O–H groups in total. The maximum absolute atomic E-state index is 12.1. The maximum atomic E-state index is 12.1. The Hall–Kier alpha value is -1.00. The van der Waals surface area contributed by atoms with Crippen LogP contribution in [0.15, 0.2) is 12.3 Å². The van der Waals surface area contributed by atoms with E-state index in [9.17, 15) is 4.79 Å². The molecular weight excluding hydrogens is 250 g/mol. The average molecular weight is 270 g/mol. The Balaban J connectivity index is 1.90. The van der Waals surface area contributed by atoms with E-state index in [4.69, 9.17) is 11.6 Å². The molecule has 0 aliphatic carbocycles. The van der Waals surface area contributed by atoms with Crippen LogP contribution in [0.2, 0.25) is 5.02 Å². The standard InChI is InChI=1S/C13H20ClN3O/c1-2-17-9-11(14)6-12(17)13(18)16-8-10-4-3-5-15-7-10/h6,9-10,15H,2-5,7-8H2,1H3,(H,16,18). The molecule has 0 spiro atoms. The van der Waals surface area contributed by atoms with Gasteiger partial charge in [0.15, 0.2) is 0 Å².